The third-order valence-electron chi connectivity index (χ3n) is 4.22. The van der Waals surface area contributed by atoms with Crippen LogP contribution in [0.1, 0.15) is 47.0 Å². The van der Waals surface area contributed by atoms with Gasteiger partial charge in [0.05, 0.1) is 12.2 Å². The predicted octanol–water partition coefficient (Wildman–Crippen LogP) is 2.58. The van der Waals surface area contributed by atoms with Gasteiger partial charge in [-0.15, -0.1) is 0 Å². The number of hydrogen-bond acceptors (Lipinski definition) is 2. The van der Waals surface area contributed by atoms with Crippen molar-refractivity contribution >= 4 is 0 Å². The van der Waals surface area contributed by atoms with Crippen LogP contribution in [-0.4, -0.2) is 24.8 Å². The van der Waals surface area contributed by atoms with Crippen LogP contribution in [0.4, 0.5) is 0 Å². The largest absolute Gasteiger partial charge is 0.375 e. The molecule has 0 saturated carbocycles. The molecule has 0 aliphatic carbocycles. The Bertz CT molecular complexity index is 221. The van der Waals surface area contributed by atoms with E-state index < -0.39 is 0 Å². The van der Waals surface area contributed by atoms with E-state index in [9.17, 15) is 0 Å². The van der Waals surface area contributed by atoms with Gasteiger partial charge in [-0.2, -0.15) is 0 Å². The molecule has 2 heterocycles. The Labute approximate surface area is 93.8 Å². The van der Waals surface area contributed by atoms with E-state index in [1.165, 1.54) is 19.3 Å². The lowest BCUT2D eigenvalue weighted by Gasteiger charge is -2.30. The van der Waals surface area contributed by atoms with Crippen LogP contribution in [0.15, 0.2) is 0 Å². The van der Waals surface area contributed by atoms with Crippen molar-refractivity contribution in [2.24, 2.45) is 11.3 Å². The molecule has 1 N–H and O–H groups in total. The van der Waals surface area contributed by atoms with Gasteiger partial charge in [-0.3, -0.25) is 0 Å². The molecule has 0 radical (unpaired) electrons. The van der Waals surface area contributed by atoms with Crippen molar-refractivity contribution in [2.75, 3.05) is 6.54 Å². The number of hydrogen-bond donors (Lipinski definition) is 1. The van der Waals surface area contributed by atoms with Gasteiger partial charge < -0.3 is 10.1 Å². The Morgan fingerprint density at radius 1 is 1.33 bits per heavy atom. The number of ether oxygens (including phenoxy) is 1. The van der Waals surface area contributed by atoms with Gasteiger partial charge in [0.1, 0.15) is 0 Å². The van der Waals surface area contributed by atoms with Gasteiger partial charge >= 0.3 is 0 Å². The zero-order chi connectivity index (χ0) is 11.1. The predicted molar refractivity (Wildman–Crippen MR) is 62.9 cm³/mol. The maximum absolute atomic E-state index is 5.86. The number of rotatable bonds is 3. The average molecular weight is 211 g/mol. The fourth-order valence-electron chi connectivity index (χ4n) is 2.59. The first-order valence-electron chi connectivity index (χ1n) is 6.35. The molecule has 2 nitrogen and oxygen atoms in total. The Morgan fingerprint density at radius 3 is 2.53 bits per heavy atom. The SMILES string of the molecule is CC(NCC1CC2CCC1O2)C(C)(C)C. The standard InChI is InChI=1S/C13H25NO/c1-9(13(2,3)4)14-8-10-7-11-5-6-12(10)15-11/h9-12,14H,5-8H2,1-4H3. The van der Waals surface area contributed by atoms with Crippen LogP contribution in [0, 0.1) is 11.3 Å². The van der Waals surface area contributed by atoms with E-state index in [0.29, 0.717) is 23.7 Å². The van der Waals surface area contributed by atoms with Gasteiger partial charge in [-0.25, -0.2) is 0 Å². The summed E-state index contributed by atoms with van der Waals surface area (Å²) in [5.41, 5.74) is 0.360. The van der Waals surface area contributed by atoms with Gasteiger partial charge in [0.2, 0.25) is 0 Å². The van der Waals surface area contributed by atoms with Gasteiger partial charge in [0, 0.05) is 18.5 Å². The van der Waals surface area contributed by atoms with Crippen LogP contribution in [0.5, 0.6) is 0 Å². The smallest absolute Gasteiger partial charge is 0.0621 e. The van der Waals surface area contributed by atoms with E-state index in [1.807, 2.05) is 0 Å². The summed E-state index contributed by atoms with van der Waals surface area (Å²) in [4.78, 5) is 0. The second-order valence-corrected chi connectivity index (χ2v) is 6.37. The zero-order valence-corrected chi connectivity index (χ0v) is 10.5. The molecule has 0 aromatic rings. The van der Waals surface area contributed by atoms with Crippen LogP contribution in [0.25, 0.3) is 0 Å². The van der Waals surface area contributed by atoms with E-state index in [0.717, 1.165) is 12.5 Å². The topological polar surface area (TPSA) is 21.3 Å². The summed E-state index contributed by atoms with van der Waals surface area (Å²) < 4.78 is 5.86. The molecule has 2 bridgehead atoms. The molecular formula is C13H25NO. The normalized spacial score (nSPS) is 37.2. The molecule has 2 rings (SSSR count). The lowest BCUT2D eigenvalue weighted by molar-refractivity contribution is 0.0911. The van der Waals surface area contributed by atoms with Crippen molar-refractivity contribution in [1.29, 1.82) is 0 Å². The summed E-state index contributed by atoms with van der Waals surface area (Å²) in [5, 5.41) is 3.67. The van der Waals surface area contributed by atoms with Crippen LogP contribution < -0.4 is 5.32 Å². The molecule has 2 fully saturated rings. The molecule has 0 spiro atoms. The van der Waals surface area contributed by atoms with Crippen molar-refractivity contribution in [2.45, 2.75) is 65.2 Å². The quantitative estimate of drug-likeness (QED) is 0.774. The highest BCUT2D eigenvalue weighted by Crippen LogP contribution is 2.38. The summed E-state index contributed by atoms with van der Waals surface area (Å²) in [5.74, 6) is 0.772. The zero-order valence-electron chi connectivity index (χ0n) is 10.5. The van der Waals surface area contributed by atoms with Crippen LogP contribution in [0.3, 0.4) is 0 Å². The summed E-state index contributed by atoms with van der Waals surface area (Å²) in [6.07, 6.45) is 5.03. The van der Waals surface area contributed by atoms with Crippen molar-refractivity contribution in [1.82, 2.24) is 5.32 Å². The van der Waals surface area contributed by atoms with Crippen LogP contribution >= 0.6 is 0 Å². The van der Waals surface area contributed by atoms with Gasteiger partial charge in [-0.05, 0) is 31.6 Å². The highest BCUT2D eigenvalue weighted by atomic mass is 16.5. The molecule has 88 valence electrons. The summed E-state index contributed by atoms with van der Waals surface area (Å²) in [6, 6.07) is 0.580. The molecule has 4 unspecified atom stereocenters. The second kappa shape index (κ2) is 4.06. The minimum absolute atomic E-state index is 0.360. The van der Waals surface area contributed by atoms with Crippen LogP contribution in [0.2, 0.25) is 0 Å². The molecule has 2 saturated heterocycles. The van der Waals surface area contributed by atoms with Crippen molar-refractivity contribution < 1.29 is 4.74 Å². The second-order valence-electron chi connectivity index (χ2n) is 6.37. The minimum Gasteiger partial charge on any atom is -0.375 e. The molecule has 2 aliphatic rings. The van der Waals surface area contributed by atoms with Crippen molar-refractivity contribution in [3.63, 3.8) is 0 Å². The number of fused-ring (bicyclic) bond motifs is 2. The first-order chi connectivity index (χ1) is 6.97. The lowest BCUT2D eigenvalue weighted by atomic mass is 9.86. The number of nitrogens with one attached hydrogen (secondary N) is 1. The summed E-state index contributed by atoms with van der Waals surface area (Å²) in [6.45, 7) is 10.3. The molecule has 2 heteroatoms. The lowest BCUT2D eigenvalue weighted by Crippen LogP contribution is -2.41. The molecule has 0 aromatic heterocycles. The molecule has 2 aliphatic heterocycles. The fourth-order valence-corrected chi connectivity index (χ4v) is 2.59. The Hall–Kier alpha value is -0.0800. The Balaban J connectivity index is 1.75. The summed E-state index contributed by atoms with van der Waals surface area (Å²) >= 11 is 0. The first kappa shape index (κ1) is 11.4. The Morgan fingerprint density at radius 2 is 2.07 bits per heavy atom. The van der Waals surface area contributed by atoms with Crippen molar-refractivity contribution in [3.05, 3.63) is 0 Å². The van der Waals surface area contributed by atoms with Crippen LogP contribution in [-0.2, 0) is 4.74 Å². The maximum Gasteiger partial charge on any atom is 0.0621 e. The van der Waals surface area contributed by atoms with Gasteiger partial charge in [0.15, 0.2) is 0 Å². The summed E-state index contributed by atoms with van der Waals surface area (Å²) in [7, 11) is 0. The Kier molecular flexibility index (Phi) is 3.09. The first-order valence-corrected chi connectivity index (χ1v) is 6.35. The fraction of sp³-hybridized carbons (Fsp3) is 1.00. The van der Waals surface area contributed by atoms with E-state index in [1.54, 1.807) is 0 Å². The monoisotopic (exact) mass is 211 g/mol. The third-order valence-corrected chi connectivity index (χ3v) is 4.22. The highest BCUT2D eigenvalue weighted by Gasteiger charge is 2.40. The third kappa shape index (κ3) is 2.54. The van der Waals surface area contributed by atoms with E-state index >= 15 is 0 Å². The molecular weight excluding hydrogens is 186 g/mol. The maximum atomic E-state index is 5.86. The van der Waals surface area contributed by atoms with Gasteiger partial charge in [0.25, 0.3) is 0 Å². The molecule has 15 heavy (non-hydrogen) atoms. The molecule has 4 atom stereocenters. The van der Waals surface area contributed by atoms with E-state index in [2.05, 4.69) is 33.0 Å². The highest BCUT2D eigenvalue weighted by molar-refractivity contribution is 4.91. The van der Waals surface area contributed by atoms with E-state index in [4.69, 9.17) is 4.74 Å². The minimum atomic E-state index is 0.360. The molecule has 0 amide bonds. The van der Waals surface area contributed by atoms with E-state index in [-0.39, 0.29) is 0 Å². The van der Waals surface area contributed by atoms with Crippen molar-refractivity contribution in [3.8, 4) is 0 Å². The molecule has 0 aromatic carbocycles. The average Bonchev–Trinajstić information content (AvgIpc) is 2.73. The van der Waals surface area contributed by atoms with Gasteiger partial charge in [-0.1, -0.05) is 20.8 Å².